The second-order valence-corrected chi connectivity index (χ2v) is 8.54. The second kappa shape index (κ2) is 10.2. The number of rotatable bonds is 7. The van der Waals surface area contributed by atoms with Gasteiger partial charge in [-0.3, -0.25) is 14.5 Å². The van der Waals surface area contributed by atoms with Gasteiger partial charge >= 0.3 is 6.03 Å². The molecule has 0 saturated carbocycles. The minimum Gasteiger partial charge on any atom is -0.494 e. The topological polar surface area (TPSA) is 91.0 Å². The number of carbonyl (C=O) groups is 3. The number of anilines is 1. The number of ether oxygens (including phenoxy) is 1. The van der Waals surface area contributed by atoms with E-state index < -0.39 is 12.1 Å². The smallest absolute Gasteiger partial charge is 0.327 e. The van der Waals surface area contributed by atoms with Gasteiger partial charge in [-0.05, 0) is 68.3 Å². The van der Waals surface area contributed by atoms with Gasteiger partial charge < -0.3 is 20.3 Å². The normalized spacial score (nSPS) is 20.4. The van der Waals surface area contributed by atoms with Crippen molar-refractivity contribution in [1.82, 2.24) is 15.1 Å². The molecule has 0 bridgehead atoms. The summed E-state index contributed by atoms with van der Waals surface area (Å²) in [7, 11) is 0. The van der Waals surface area contributed by atoms with Crippen molar-refractivity contribution in [2.45, 2.75) is 38.4 Å². The average Bonchev–Trinajstić information content (AvgIpc) is 2.82. The SMILES string of the molecule is CCOc1ccc(NC(=O)CN2C(=O)N(Cc3ccc(Cl)cc3)C(=O)C3NCCCC32)cc1. The Morgan fingerprint density at radius 3 is 2.58 bits per heavy atom. The van der Waals surface area contributed by atoms with E-state index >= 15 is 0 Å². The van der Waals surface area contributed by atoms with Gasteiger partial charge in [0, 0.05) is 10.7 Å². The van der Waals surface area contributed by atoms with Crippen LogP contribution in [0.15, 0.2) is 48.5 Å². The fourth-order valence-corrected chi connectivity index (χ4v) is 4.40. The zero-order valence-electron chi connectivity index (χ0n) is 18.4. The Kier molecular flexibility index (Phi) is 7.15. The Hall–Kier alpha value is -3.10. The van der Waals surface area contributed by atoms with E-state index in [1.807, 2.05) is 6.92 Å². The molecule has 33 heavy (non-hydrogen) atoms. The lowest BCUT2D eigenvalue weighted by Crippen LogP contribution is -2.70. The summed E-state index contributed by atoms with van der Waals surface area (Å²) in [5.74, 6) is 0.134. The lowest BCUT2D eigenvalue weighted by molar-refractivity contribution is -0.138. The summed E-state index contributed by atoms with van der Waals surface area (Å²) in [5, 5.41) is 6.65. The number of piperidine rings is 1. The summed E-state index contributed by atoms with van der Waals surface area (Å²) < 4.78 is 5.42. The standard InChI is InChI=1S/C24H27ClN4O4/c1-2-33-19-11-9-18(10-12-19)27-21(30)15-28-20-4-3-13-26-22(20)23(31)29(24(28)32)14-16-5-7-17(25)8-6-16/h5-12,20,22,26H,2-4,13-15H2,1H3,(H,27,30). The van der Waals surface area contributed by atoms with E-state index in [-0.39, 0.29) is 30.9 Å². The monoisotopic (exact) mass is 470 g/mol. The molecule has 2 atom stereocenters. The summed E-state index contributed by atoms with van der Waals surface area (Å²) in [5.41, 5.74) is 1.40. The van der Waals surface area contributed by atoms with E-state index in [1.54, 1.807) is 48.5 Å². The number of nitrogens with one attached hydrogen (secondary N) is 2. The van der Waals surface area contributed by atoms with Crippen LogP contribution in [0.1, 0.15) is 25.3 Å². The molecule has 2 heterocycles. The summed E-state index contributed by atoms with van der Waals surface area (Å²) in [6, 6.07) is 12.7. The highest BCUT2D eigenvalue weighted by molar-refractivity contribution is 6.30. The number of hydrogen-bond acceptors (Lipinski definition) is 5. The predicted molar refractivity (Wildman–Crippen MR) is 125 cm³/mol. The third-order valence-corrected chi connectivity index (χ3v) is 6.10. The lowest BCUT2D eigenvalue weighted by Gasteiger charge is -2.46. The summed E-state index contributed by atoms with van der Waals surface area (Å²) in [4.78, 5) is 42.0. The first kappa shape index (κ1) is 23.1. The Morgan fingerprint density at radius 1 is 1.15 bits per heavy atom. The number of nitrogens with zero attached hydrogens (tertiary/aromatic N) is 2. The van der Waals surface area contributed by atoms with Gasteiger partial charge in [0.25, 0.3) is 0 Å². The van der Waals surface area contributed by atoms with Crippen LogP contribution >= 0.6 is 11.6 Å². The van der Waals surface area contributed by atoms with Crippen molar-refractivity contribution >= 4 is 35.1 Å². The molecule has 2 aromatic rings. The Bertz CT molecular complexity index is 1010. The zero-order chi connectivity index (χ0) is 23.4. The lowest BCUT2D eigenvalue weighted by atomic mass is 9.93. The molecule has 2 aliphatic heterocycles. The highest BCUT2D eigenvalue weighted by Gasteiger charge is 2.47. The van der Waals surface area contributed by atoms with Crippen molar-refractivity contribution < 1.29 is 19.1 Å². The van der Waals surface area contributed by atoms with Crippen molar-refractivity contribution in [2.24, 2.45) is 0 Å². The predicted octanol–water partition coefficient (Wildman–Crippen LogP) is 3.26. The van der Waals surface area contributed by atoms with E-state index in [9.17, 15) is 14.4 Å². The fourth-order valence-electron chi connectivity index (χ4n) is 4.28. The highest BCUT2D eigenvalue weighted by atomic mass is 35.5. The number of imide groups is 1. The van der Waals surface area contributed by atoms with Crippen LogP contribution in [0.4, 0.5) is 10.5 Å². The van der Waals surface area contributed by atoms with Crippen LogP contribution in [-0.2, 0) is 16.1 Å². The van der Waals surface area contributed by atoms with Gasteiger partial charge in [0.15, 0.2) is 0 Å². The number of carbonyl (C=O) groups excluding carboxylic acids is 3. The maximum absolute atomic E-state index is 13.3. The molecule has 2 unspecified atom stereocenters. The second-order valence-electron chi connectivity index (χ2n) is 8.11. The number of hydrogen-bond donors (Lipinski definition) is 2. The van der Waals surface area contributed by atoms with Gasteiger partial charge in [0.1, 0.15) is 18.3 Å². The van der Waals surface area contributed by atoms with Crippen molar-refractivity contribution in [1.29, 1.82) is 0 Å². The minimum atomic E-state index is -0.526. The number of halogens is 1. The molecule has 0 radical (unpaired) electrons. The van der Waals surface area contributed by atoms with Crippen LogP contribution in [0.25, 0.3) is 0 Å². The molecule has 2 N–H and O–H groups in total. The zero-order valence-corrected chi connectivity index (χ0v) is 19.2. The van der Waals surface area contributed by atoms with Crippen LogP contribution < -0.4 is 15.4 Å². The van der Waals surface area contributed by atoms with E-state index in [1.165, 1.54) is 9.80 Å². The third kappa shape index (κ3) is 5.29. The van der Waals surface area contributed by atoms with Crippen LogP contribution in [0.3, 0.4) is 0 Å². The minimum absolute atomic E-state index is 0.122. The fraction of sp³-hybridized carbons (Fsp3) is 0.375. The molecular formula is C24H27ClN4O4. The molecule has 2 saturated heterocycles. The molecule has 0 aliphatic carbocycles. The summed E-state index contributed by atoms with van der Waals surface area (Å²) in [6.45, 7) is 3.14. The third-order valence-electron chi connectivity index (χ3n) is 5.85. The molecule has 2 aromatic carbocycles. The van der Waals surface area contributed by atoms with E-state index in [0.29, 0.717) is 36.0 Å². The van der Waals surface area contributed by atoms with Crippen LogP contribution in [0.2, 0.25) is 5.02 Å². The van der Waals surface area contributed by atoms with Gasteiger partial charge in [0.2, 0.25) is 11.8 Å². The summed E-state index contributed by atoms with van der Waals surface area (Å²) >= 11 is 5.96. The molecule has 0 aromatic heterocycles. The molecule has 2 aliphatic rings. The Morgan fingerprint density at radius 2 is 1.88 bits per heavy atom. The van der Waals surface area contributed by atoms with Crippen LogP contribution in [-0.4, -0.2) is 59.4 Å². The molecule has 8 nitrogen and oxygen atoms in total. The molecule has 2 fully saturated rings. The first-order valence-corrected chi connectivity index (χ1v) is 11.5. The van der Waals surface area contributed by atoms with Gasteiger partial charge in [-0.2, -0.15) is 0 Å². The Labute approximate surface area is 197 Å². The largest absolute Gasteiger partial charge is 0.494 e. The Balaban J connectivity index is 1.49. The number of benzene rings is 2. The molecule has 174 valence electrons. The number of fused-ring (bicyclic) bond motifs is 1. The van der Waals surface area contributed by atoms with Crippen molar-refractivity contribution in [3.8, 4) is 5.75 Å². The van der Waals surface area contributed by atoms with E-state index in [4.69, 9.17) is 16.3 Å². The molecular weight excluding hydrogens is 444 g/mol. The molecule has 4 rings (SSSR count). The summed E-state index contributed by atoms with van der Waals surface area (Å²) in [6.07, 6.45) is 1.50. The van der Waals surface area contributed by atoms with Gasteiger partial charge in [0.05, 0.1) is 19.2 Å². The van der Waals surface area contributed by atoms with Gasteiger partial charge in [-0.1, -0.05) is 23.7 Å². The quantitative estimate of drug-likeness (QED) is 0.648. The van der Waals surface area contributed by atoms with Crippen molar-refractivity contribution in [3.05, 3.63) is 59.1 Å². The maximum Gasteiger partial charge on any atom is 0.327 e. The first-order valence-electron chi connectivity index (χ1n) is 11.1. The number of amides is 4. The number of urea groups is 1. The maximum atomic E-state index is 13.3. The van der Waals surface area contributed by atoms with Gasteiger partial charge in [-0.15, -0.1) is 0 Å². The average molecular weight is 471 g/mol. The molecule has 4 amide bonds. The molecule has 9 heteroatoms. The first-order chi connectivity index (χ1) is 16.0. The van der Waals surface area contributed by atoms with E-state index in [2.05, 4.69) is 10.6 Å². The van der Waals surface area contributed by atoms with Crippen molar-refractivity contribution in [3.63, 3.8) is 0 Å². The molecule has 0 spiro atoms. The van der Waals surface area contributed by atoms with Crippen molar-refractivity contribution in [2.75, 3.05) is 25.0 Å². The van der Waals surface area contributed by atoms with Gasteiger partial charge in [-0.25, -0.2) is 4.79 Å². The van der Waals surface area contributed by atoms with Crippen LogP contribution in [0.5, 0.6) is 5.75 Å². The van der Waals surface area contributed by atoms with E-state index in [0.717, 1.165) is 12.0 Å². The highest BCUT2D eigenvalue weighted by Crippen LogP contribution is 2.26. The van der Waals surface area contributed by atoms with Crippen LogP contribution in [0, 0.1) is 0 Å².